The monoisotopic (exact) mass is 535 g/mol. The summed E-state index contributed by atoms with van der Waals surface area (Å²) in [6, 6.07) is 17.3. The second kappa shape index (κ2) is 11.2. The molecule has 38 heavy (non-hydrogen) atoms. The first-order valence-electron chi connectivity index (χ1n) is 12.2. The maximum Gasteiger partial charge on any atom is 0.336 e. The van der Waals surface area contributed by atoms with Crippen molar-refractivity contribution in [3.63, 3.8) is 0 Å². The molecule has 0 saturated heterocycles. The number of esters is 1. The highest BCUT2D eigenvalue weighted by Crippen LogP contribution is 2.34. The van der Waals surface area contributed by atoms with Crippen molar-refractivity contribution < 1.29 is 27.1 Å². The first-order valence-corrected chi connectivity index (χ1v) is 13.6. The van der Waals surface area contributed by atoms with Crippen molar-refractivity contribution in [3.8, 4) is 22.6 Å². The van der Waals surface area contributed by atoms with Crippen molar-refractivity contribution in [2.45, 2.75) is 44.6 Å². The van der Waals surface area contributed by atoms with Crippen molar-refractivity contribution >= 4 is 27.0 Å². The molecule has 3 aromatic carbocycles. The predicted molar refractivity (Wildman–Crippen MR) is 145 cm³/mol. The van der Waals surface area contributed by atoms with E-state index >= 15 is 0 Å². The van der Waals surface area contributed by atoms with Crippen LogP contribution < -0.4 is 19.8 Å². The molecular weight excluding hydrogens is 506 g/mol. The number of rotatable bonds is 9. The van der Waals surface area contributed by atoms with Crippen molar-refractivity contribution in [3.05, 3.63) is 88.3 Å². The van der Waals surface area contributed by atoms with E-state index < -0.39 is 27.7 Å². The average molecular weight is 536 g/mol. The van der Waals surface area contributed by atoms with Crippen LogP contribution in [0.1, 0.15) is 30.9 Å². The zero-order chi connectivity index (χ0) is 27.4. The highest BCUT2D eigenvalue weighted by molar-refractivity contribution is 7.89. The number of benzene rings is 3. The summed E-state index contributed by atoms with van der Waals surface area (Å²) in [5, 5.41) is 0.664. The van der Waals surface area contributed by atoms with Gasteiger partial charge in [0.2, 0.25) is 10.0 Å². The van der Waals surface area contributed by atoms with E-state index in [1.165, 1.54) is 18.2 Å². The Kier molecular flexibility index (Phi) is 7.99. The van der Waals surface area contributed by atoms with E-state index in [1.807, 2.05) is 26.0 Å². The SMILES string of the molecule is CCCC(NS(=O)(=O)c1ccc(C)cc1)C(=O)Oc1ccc2c(-c3ccc(OC)cc3)cc(=O)oc2c1C. The van der Waals surface area contributed by atoms with E-state index in [0.717, 1.165) is 11.1 Å². The topological polar surface area (TPSA) is 112 Å². The Balaban J connectivity index is 1.64. The van der Waals surface area contributed by atoms with E-state index in [9.17, 15) is 18.0 Å². The van der Waals surface area contributed by atoms with Crippen LogP contribution in [0, 0.1) is 13.8 Å². The molecule has 0 fully saturated rings. The Labute approximate surface area is 221 Å². The lowest BCUT2D eigenvalue weighted by molar-refractivity contribution is -0.136. The minimum atomic E-state index is -3.95. The smallest absolute Gasteiger partial charge is 0.336 e. The fourth-order valence-corrected chi connectivity index (χ4v) is 5.35. The van der Waals surface area contributed by atoms with E-state index in [1.54, 1.807) is 50.4 Å². The van der Waals surface area contributed by atoms with Crippen LogP contribution >= 0.6 is 0 Å². The minimum absolute atomic E-state index is 0.0618. The number of carbonyl (C=O) groups is 1. The van der Waals surface area contributed by atoms with Crippen LogP contribution in [0.25, 0.3) is 22.1 Å². The van der Waals surface area contributed by atoms with Crippen LogP contribution in [-0.4, -0.2) is 27.5 Å². The number of methoxy groups -OCH3 is 1. The fraction of sp³-hybridized carbons (Fsp3) is 0.241. The molecule has 4 rings (SSSR count). The molecule has 0 aliphatic carbocycles. The maximum absolute atomic E-state index is 13.1. The third kappa shape index (κ3) is 5.79. The van der Waals surface area contributed by atoms with Gasteiger partial charge in [0.15, 0.2) is 0 Å². The van der Waals surface area contributed by atoms with Crippen molar-refractivity contribution in [1.29, 1.82) is 0 Å². The van der Waals surface area contributed by atoms with Gasteiger partial charge in [0, 0.05) is 17.0 Å². The maximum atomic E-state index is 13.1. The lowest BCUT2D eigenvalue weighted by atomic mass is 10.00. The quantitative estimate of drug-likeness (QED) is 0.179. The lowest BCUT2D eigenvalue weighted by Gasteiger charge is -2.18. The molecule has 0 bridgehead atoms. The number of ether oxygens (including phenoxy) is 2. The number of sulfonamides is 1. The largest absolute Gasteiger partial charge is 0.497 e. The molecular formula is C29H29NO7S. The average Bonchev–Trinajstić information content (AvgIpc) is 2.90. The van der Waals surface area contributed by atoms with Gasteiger partial charge in [0.25, 0.3) is 0 Å². The van der Waals surface area contributed by atoms with Crippen LogP contribution in [0.15, 0.2) is 80.8 Å². The second-order valence-corrected chi connectivity index (χ2v) is 10.7. The van der Waals surface area contributed by atoms with E-state index in [0.29, 0.717) is 28.7 Å². The lowest BCUT2D eigenvalue weighted by Crippen LogP contribution is -2.42. The number of carbonyl (C=O) groups excluding carboxylic acids is 1. The summed E-state index contributed by atoms with van der Waals surface area (Å²) in [5.41, 5.74) is 2.54. The molecule has 0 amide bonds. The van der Waals surface area contributed by atoms with Crippen molar-refractivity contribution in [2.75, 3.05) is 7.11 Å². The van der Waals surface area contributed by atoms with Gasteiger partial charge in [-0.3, -0.25) is 0 Å². The van der Waals surface area contributed by atoms with Gasteiger partial charge in [0.05, 0.1) is 12.0 Å². The van der Waals surface area contributed by atoms with Gasteiger partial charge in [0.1, 0.15) is 23.1 Å². The summed E-state index contributed by atoms with van der Waals surface area (Å²) in [4.78, 5) is 25.6. The number of hydrogen-bond acceptors (Lipinski definition) is 7. The molecule has 1 aromatic heterocycles. The highest BCUT2D eigenvalue weighted by Gasteiger charge is 2.27. The molecule has 0 radical (unpaired) electrons. The van der Waals surface area contributed by atoms with Gasteiger partial charge < -0.3 is 13.9 Å². The number of hydrogen-bond donors (Lipinski definition) is 1. The first-order chi connectivity index (χ1) is 18.1. The summed E-state index contributed by atoms with van der Waals surface area (Å²) in [6.45, 7) is 5.38. The van der Waals surface area contributed by atoms with Crippen LogP contribution in [0.3, 0.4) is 0 Å². The highest BCUT2D eigenvalue weighted by atomic mass is 32.2. The predicted octanol–water partition coefficient (Wildman–Crippen LogP) is 5.14. The van der Waals surface area contributed by atoms with Gasteiger partial charge >= 0.3 is 11.6 Å². The minimum Gasteiger partial charge on any atom is -0.497 e. The third-order valence-electron chi connectivity index (χ3n) is 6.21. The van der Waals surface area contributed by atoms with Gasteiger partial charge in [-0.1, -0.05) is 43.2 Å². The van der Waals surface area contributed by atoms with Crippen LogP contribution in [-0.2, 0) is 14.8 Å². The Morgan fingerprint density at radius 3 is 2.32 bits per heavy atom. The molecule has 1 N–H and O–H groups in total. The number of nitrogens with one attached hydrogen (secondary N) is 1. The standard InChI is InChI=1S/C29H29NO7S/c1-5-6-25(30-38(33,34)22-13-7-18(2)8-14-22)29(32)36-26-16-15-23-24(17-27(31)37-28(23)19(26)3)20-9-11-21(35-4)12-10-20/h7-17,25,30H,5-6H2,1-4H3. The molecule has 1 unspecified atom stereocenters. The molecule has 4 aromatic rings. The Hall–Kier alpha value is -3.95. The summed E-state index contributed by atoms with van der Waals surface area (Å²) in [6.07, 6.45) is 0.792. The second-order valence-electron chi connectivity index (χ2n) is 8.97. The van der Waals surface area contributed by atoms with Gasteiger partial charge in [-0.15, -0.1) is 0 Å². The Bertz CT molecular complexity index is 1620. The zero-order valence-electron chi connectivity index (χ0n) is 21.6. The molecule has 1 atom stereocenters. The molecule has 9 heteroatoms. The van der Waals surface area contributed by atoms with Crippen LogP contribution in [0.5, 0.6) is 11.5 Å². The Morgan fingerprint density at radius 1 is 1.00 bits per heavy atom. The van der Waals surface area contributed by atoms with E-state index in [2.05, 4.69) is 4.72 Å². The first kappa shape index (κ1) is 27.1. The summed E-state index contributed by atoms with van der Waals surface area (Å²) < 4.78 is 44.6. The molecule has 0 aliphatic heterocycles. The van der Waals surface area contributed by atoms with Crippen LogP contribution in [0.2, 0.25) is 0 Å². The van der Waals surface area contributed by atoms with Crippen molar-refractivity contribution in [2.24, 2.45) is 0 Å². The van der Waals surface area contributed by atoms with Gasteiger partial charge in [-0.2, -0.15) is 4.72 Å². The third-order valence-corrected chi connectivity index (χ3v) is 7.70. The van der Waals surface area contributed by atoms with Gasteiger partial charge in [-0.05, 0) is 67.8 Å². The fourth-order valence-electron chi connectivity index (χ4n) is 4.13. The molecule has 0 spiro atoms. The molecule has 8 nitrogen and oxygen atoms in total. The van der Waals surface area contributed by atoms with Crippen LogP contribution in [0.4, 0.5) is 0 Å². The Morgan fingerprint density at radius 2 is 1.68 bits per heavy atom. The molecule has 198 valence electrons. The van der Waals surface area contributed by atoms with Crippen molar-refractivity contribution in [1.82, 2.24) is 4.72 Å². The molecule has 0 saturated carbocycles. The van der Waals surface area contributed by atoms with E-state index in [4.69, 9.17) is 13.9 Å². The molecule has 1 heterocycles. The number of aryl methyl sites for hydroxylation is 2. The zero-order valence-corrected chi connectivity index (χ0v) is 22.4. The normalized spacial score (nSPS) is 12.3. The summed E-state index contributed by atoms with van der Waals surface area (Å²) >= 11 is 0. The molecule has 0 aliphatic rings. The number of fused-ring (bicyclic) bond motifs is 1. The summed E-state index contributed by atoms with van der Waals surface area (Å²) in [5.74, 6) is 0.109. The summed E-state index contributed by atoms with van der Waals surface area (Å²) in [7, 11) is -2.37. The van der Waals surface area contributed by atoms with E-state index in [-0.39, 0.29) is 22.6 Å². The van der Waals surface area contributed by atoms with Gasteiger partial charge in [-0.25, -0.2) is 18.0 Å².